The number of nitrogens with zero attached hydrogens (tertiary/aromatic N) is 1. The van der Waals surface area contributed by atoms with Crippen LogP contribution in [0, 0.1) is 0 Å². The molecule has 0 saturated carbocycles. The molecule has 1 heterocycles. The van der Waals surface area contributed by atoms with Crippen molar-refractivity contribution in [3.63, 3.8) is 0 Å². The number of rotatable bonds is 3. The average Bonchev–Trinajstić information content (AvgIpc) is 2.95. The van der Waals surface area contributed by atoms with Crippen LogP contribution in [0.5, 0.6) is 0 Å². The molecule has 0 amide bonds. The maximum absolute atomic E-state index is 12.7. The van der Waals surface area contributed by atoms with Gasteiger partial charge in [0.15, 0.2) is 0 Å². The van der Waals surface area contributed by atoms with Gasteiger partial charge in [-0.3, -0.25) is 0 Å². The van der Waals surface area contributed by atoms with Crippen LogP contribution in [-0.2, 0) is 11.3 Å². The summed E-state index contributed by atoms with van der Waals surface area (Å²) in [6.07, 6.45) is -5.20. The second kappa shape index (κ2) is 6.52. The SMILES string of the molecule is OC1(C(F)(F)F)CC(c2ccc(Cc3c(Cl)cccc3Cl)cc2)=NO1. The highest BCUT2D eigenvalue weighted by Gasteiger charge is 2.60. The van der Waals surface area contributed by atoms with Gasteiger partial charge in [0.2, 0.25) is 0 Å². The van der Waals surface area contributed by atoms with Crippen LogP contribution in [0.2, 0.25) is 10.0 Å². The Balaban J connectivity index is 1.76. The highest BCUT2D eigenvalue weighted by Crippen LogP contribution is 2.39. The van der Waals surface area contributed by atoms with Crippen molar-refractivity contribution in [1.82, 2.24) is 0 Å². The standard InChI is InChI=1S/C17H12Cl2F3NO2/c18-13-2-1-3-14(19)12(13)8-10-4-6-11(7-5-10)15-9-16(24,25-23-15)17(20,21)22/h1-7,24H,8-9H2. The molecule has 25 heavy (non-hydrogen) atoms. The quantitative estimate of drug-likeness (QED) is 0.805. The normalized spacial score (nSPS) is 20.3. The van der Waals surface area contributed by atoms with Crippen LogP contribution in [-0.4, -0.2) is 22.8 Å². The van der Waals surface area contributed by atoms with E-state index in [9.17, 15) is 18.3 Å². The Labute approximate surface area is 151 Å². The summed E-state index contributed by atoms with van der Waals surface area (Å²) >= 11 is 12.3. The van der Waals surface area contributed by atoms with Crippen LogP contribution in [0.1, 0.15) is 23.1 Å². The molecule has 1 atom stereocenters. The zero-order valence-electron chi connectivity index (χ0n) is 12.6. The Morgan fingerprint density at radius 2 is 1.68 bits per heavy atom. The summed E-state index contributed by atoms with van der Waals surface area (Å²) in [6, 6.07) is 11.9. The number of hydrogen-bond donors (Lipinski definition) is 1. The van der Waals surface area contributed by atoms with E-state index in [-0.39, 0.29) is 5.71 Å². The lowest BCUT2D eigenvalue weighted by atomic mass is 9.99. The van der Waals surface area contributed by atoms with Gasteiger partial charge in [-0.2, -0.15) is 13.2 Å². The Bertz CT molecular complexity index is 801. The molecule has 1 N–H and O–H groups in total. The molecule has 0 bridgehead atoms. The van der Waals surface area contributed by atoms with Crippen LogP contribution in [0.25, 0.3) is 0 Å². The Kier molecular flexibility index (Phi) is 4.70. The van der Waals surface area contributed by atoms with E-state index in [1.807, 2.05) is 0 Å². The number of oxime groups is 1. The summed E-state index contributed by atoms with van der Waals surface area (Å²) in [6.45, 7) is 0. The first kappa shape index (κ1) is 18.0. The van der Waals surface area contributed by atoms with Crippen LogP contribution in [0.3, 0.4) is 0 Å². The summed E-state index contributed by atoms with van der Waals surface area (Å²) in [5.74, 6) is -3.27. The van der Waals surface area contributed by atoms with Gasteiger partial charge in [-0.15, -0.1) is 0 Å². The first-order valence-electron chi connectivity index (χ1n) is 7.26. The minimum absolute atomic E-state index is 0.0298. The lowest BCUT2D eigenvalue weighted by Gasteiger charge is -2.22. The fourth-order valence-electron chi connectivity index (χ4n) is 2.45. The minimum Gasteiger partial charge on any atom is -0.350 e. The molecule has 2 aromatic carbocycles. The van der Waals surface area contributed by atoms with E-state index in [4.69, 9.17) is 23.2 Å². The third-order valence-corrected chi connectivity index (χ3v) is 4.59. The topological polar surface area (TPSA) is 41.8 Å². The highest BCUT2D eigenvalue weighted by atomic mass is 35.5. The number of benzene rings is 2. The van der Waals surface area contributed by atoms with Crippen molar-refractivity contribution in [1.29, 1.82) is 0 Å². The summed E-state index contributed by atoms with van der Waals surface area (Å²) in [7, 11) is 0. The van der Waals surface area contributed by atoms with Gasteiger partial charge >= 0.3 is 12.0 Å². The van der Waals surface area contributed by atoms with Crippen molar-refractivity contribution < 1.29 is 23.1 Å². The monoisotopic (exact) mass is 389 g/mol. The van der Waals surface area contributed by atoms with E-state index in [2.05, 4.69) is 9.99 Å². The third kappa shape index (κ3) is 3.61. The van der Waals surface area contributed by atoms with Crippen molar-refractivity contribution in [3.8, 4) is 0 Å². The Morgan fingerprint density at radius 1 is 1.08 bits per heavy atom. The summed E-state index contributed by atoms with van der Waals surface area (Å²) in [5, 5.41) is 13.9. The molecule has 0 saturated heterocycles. The molecule has 3 nitrogen and oxygen atoms in total. The summed E-state index contributed by atoms with van der Waals surface area (Å²) in [5.41, 5.74) is 2.12. The summed E-state index contributed by atoms with van der Waals surface area (Å²) < 4.78 is 38.2. The van der Waals surface area contributed by atoms with Crippen molar-refractivity contribution >= 4 is 28.9 Å². The van der Waals surface area contributed by atoms with Gasteiger partial charge in [0.25, 0.3) is 0 Å². The average molecular weight is 390 g/mol. The fourth-order valence-corrected chi connectivity index (χ4v) is 2.98. The van der Waals surface area contributed by atoms with Crippen molar-refractivity contribution in [2.24, 2.45) is 5.16 Å². The minimum atomic E-state index is -4.92. The Morgan fingerprint density at radius 3 is 2.20 bits per heavy atom. The molecule has 0 spiro atoms. The second-order valence-electron chi connectivity index (χ2n) is 5.66. The molecule has 132 valence electrons. The van der Waals surface area contributed by atoms with E-state index in [0.29, 0.717) is 22.0 Å². The third-order valence-electron chi connectivity index (χ3n) is 3.89. The predicted octanol–water partition coefficient (Wildman–Crippen LogP) is 4.96. The maximum Gasteiger partial charge on any atom is 0.458 e. The zero-order valence-corrected chi connectivity index (χ0v) is 14.2. The largest absolute Gasteiger partial charge is 0.458 e. The van der Waals surface area contributed by atoms with Crippen LogP contribution in [0.4, 0.5) is 13.2 Å². The van der Waals surface area contributed by atoms with Crippen LogP contribution >= 0.6 is 23.2 Å². The van der Waals surface area contributed by atoms with E-state index in [0.717, 1.165) is 11.1 Å². The van der Waals surface area contributed by atoms with E-state index in [1.54, 1.807) is 42.5 Å². The molecule has 3 rings (SSSR count). The van der Waals surface area contributed by atoms with Gasteiger partial charge in [0, 0.05) is 16.5 Å². The lowest BCUT2D eigenvalue weighted by molar-refractivity contribution is -0.355. The molecule has 0 aliphatic carbocycles. The first-order chi connectivity index (χ1) is 11.7. The van der Waals surface area contributed by atoms with Crippen molar-refractivity contribution in [2.75, 3.05) is 0 Å². The van der Waals surface area contributed by atoms with Gasteiger partial charge in [-0.05, 0) is 28.8 Å². The van der Waals surface area contributed by atoms with Gasteiger partial charge in [-0.25, -0.2) is 0 Å². The van der Waals surface area contributed by atoms with Crippen molar-refractivity contribution in [3.05, 3.63) is 69.2 Å². The molecule has 0 aromatic heterocycles. The first-order valence-corrected chi connectivity index (χ1v) is 8.01. The number of hydrogen-bond acceptors (Lipinski definition) is 3. The molecule has 0 fully saturated rings. The summed E-state index contributed by atoms with van der Waals surface area (Å²) in [4.78, 5) is 4.21. The maximum atomic E-state index is 12.7. The molecule has 1 aliphatic rings. The molecule has 1 aliphatic heterocycles. The zero-order chi connectivity index (χ0) is 18.2. The van der Waals surface area contributed by atoms with Gasteiger partial charge < -0.3 is 9.94 Å². The smallest absolute Gasteiger partial charge is 0.350 e. The van der Waals surface area contributed by atoms with E-state index >= 15 is 0 Å². The van der Waals surface area contributed by atoms with Gasteiger partial charge in [0.1, 0.15) is 0 Å². The number of aliphatic hydroxyl groups is 1. The molecule has 1 unspecified atom stereocenters. The number of alkyl halides is 3. The Hall–Kier alpha value is -1.76. The van der Waals surface area contributed by atoms with Gasteiger partial charge in [-0.1, -0.05) is 58.7 Å². The molecular formula is C17H12Cl2F3NO2. The van der Waals surface area contributed by atoms with E-state index < -0.39 is 18.4 Å². The highest BCUT2D eigenvalue weighted by molar-refractivity contribution is 6.36. The van der Waals surface area contributed by atoms with Gasteiger partial charge in [0.05, 0.1) is 12.1 Å². The van der Waals surface area contributed by atoms with Crippen molar-refractivity contribution in [2.45, 2.75) is 24.8 Å². The molecule has 8 heteroatoms. The second-order valence-corrected chi connectivity index (χ2v) is 6.48. The molecule has 0 radical (unpaired) electrons. The predicted molar refractivity (Wildman–Crippen MR) is 89.0 cm³/mol. The molecule has 2 aromatic rings. The number of halogens is 5. The van der Waals surface area contributed by atoms with E-state index in [1.165, 1.54) is 0 Å². The molecular weight excluding hydrogens is 378 g/mol. The fraction of sp³-hybridized carbons (Fsp3) is 0.235. The lowest BCUT2D eigenvalue weighted by Crippen LogP contribution is -2.45. The van der Waals surface area contributed by atoms with Crippen LogP contribution < -0.4 is 0 Å². The van der Waals surface area contributed by atoms with Crippen LogP contribution in [0.15, 0.2) is 47.6 Å².